The first kappa shape index (κ1) is 13.9. The molecule has 2 aliphatic carbocycles. The number of hydrogen-bond acceptors (Lipinski definition) is 0. The minimum atomic E-state index is 0. The number of rotatable bonds is 1. The molecule has 0 aromatic carbocycles. The first-order chi connectivity index (χ1) is 6.36. The summed E-state index contributed by atoms with van der Waals surface area (Å²) >= 11 is 0. The van der Waals surface area contributed by atoms with Crippen molar-refractivity contribution >= 4 is 0 Å². The van der Waals surface area contributed by atoms with Crippen LogP contribution in [0.2, 0.25) is 0 Å². The molecule has 14 heavy (non-hydrogen) atoms. The summed E-state index contributed by atoms with van der Waals surface area (Å²) in [4.78, 5) is 0. The molecule has 2 rings (SSSR count). The molecular weight excluding hydrogens is 242 g/mol. The van der Waals surface area contributed by atoms with Gasteiger partial charge in [0.05, 0.1) is 0 Å². The Morgan fingerprint density at radius 2 is 1.29 bits per heavy atom. The monoisotopic (exact) mass is 264 g/mol. The molecule has 0 bridgehead atoms. The van der Waals surface area contributed by atoms with E-state index in [9.17, 15) is 0 Å². The van der Waals surface area contributed by atoms with Crippen LogP contribution in [0.15, 0.2) is 0 Å². The quantitative estimate of drug-likeness (QED) is 0.625. The van der Waals surface area contributed by atoms with Crippen molar-refractivity contribution in [3.05, 3.63) is 6.42 Å². The third kappa shape index (κ3) is 3.99. The van der Waals surface area contributed by atoms with Crippen LogP contribution in [-0.4, -0.2) is 0 Å². The van der Waals surface area contributed by atoms with Gasteiger partial charge >= 0.3 is 58.2 Å². The van der Waals surface area contributed by atoms with Crippen molar-refractivity contribution in [1.29, 1.82) is 0 Å². The molecule has 2 saturated carbocycles. The van der Waals surface area contributed by atoms with Crippen LogP contribution in [-0.2, 0) is 0 Å². The Morgan fingerprint density at radius 3 is 1.86 bits per heavy atom. The van der Waals surface area contributed by atoms with Gasteiger partial charge in [-0.25, -0.2) is 0 Å². The molecule has 0 amide bonds. The van der Waals surface area contributed by atoms with E-state index in [2.05, 4.69) is 13.3 Å². The molecular formula is C13H23Rb. The molecule has 0 saturated heterocycles. The fourth-order valence-corrected chi connectivity index (χ4v) is 3.18. The molecule has 0 unspecified atom stereocenters. The Bertz CT molecular complexity index is 141. The van der Waals surface area contributed by atoms with Gasteiger partial charge < -0.3 is 6.42 Å². The second kappa shape index (κ2) is 7.19. The normalized spacial score (nSPS) is 34.9. The van der Waals surface area contributed by atoms with Crippen LogP contribution >= 0.6 is 0 Å². The maximum absolute atomic E-state index is 2.49. The Hall–Kier alpha value is 1.81. The first-order valence-corrected chi connectivity index (χ1v) is 6.18. The van der Waals surface area contributed by atoms with E-state index in [1.165, 1.54) is 51.4 Å². The van der Waals surface area contributed by atoms with Gasteiger partial charge in [0.1, 0.15) is 0 Å². The maximum atomic E-state index is 2.49. The van der Waals surface area contributed by atoms with Gasteiger partial charge in [0.25, 0.3) is 0 Å². The van der Waals surface area contributed by atoms with E-state index in [0.717, 1.165) is 17.8 Å². The van der Waals surface area contributed by atoms with E-state index >= 15 is 0 Å². The van der Waals surface area contributed by atoms with Gasteiger partial charge in [-0.15, -0.1) is 0 Å². The van der Waals surface area contributed by atoms with Gasteiger partial charge in [0, 0.05) is 0 Å². The summed E-state index contributed by atoms with van der Waals surface area (Å²) in [7, 11) is 0. The van der Waals surface area contributed by atoms with Crippen molar-refractivity contribution < 1.29 is 58.2 Å². The summed E-state index contributed by atoms with van der Waals surface area (Å²) in [5.74, 6) is 3.22. The second-order valence-corrected chi connectivity index (χ2v) is 5.22. The Balaban J connectivity index is 0.000000980. The van der Waals surface area contributed by atoms with Gasteiger partial charge in [0.2, 0.25) is 0 Å². The second-order valence-electron chi connectivity index (χ2n) is 5.22. The Labute approximate surface area is 138 Å². The summed E-state index contributed by atoms with van der Waals surface area (Å²) in [6.45, 7) is 2.42. The molecule has 76 valence electrons. The van der Waals surface area contributed by atoms with Gasteiger partial charge in [-0.2, -0.15) is 12.8 Å². The number of hydrogen-bond donors (Lipinski definition) is 0. The third-order valence-electron chi connectivity index (χ3n) is 4.21. The summed E-state index contributed by atoms with van der Waals surface area (Å²) in [5.41, 5.74) is 0. The molecule has 0 heterocycles. The zero-order valence-electron chi connectivity index (χ0n) is 9.97. The SMILES string of the molecule is CC1CCC(C2CC[CH-]CC2)CC1.[Rb+]. The molecule has 0 radical (unpaired) electrons. The van der Waals surface area contributed by atoms with Crippen molar-refractivity contribution in [3.63, 3.8) is 0 Å². The first-order valence-electron chi connectivity index (χ1n) is 6.18. The molecule has 0 atom stereocenters. The molecule has 2 aliphatic rings. The van der Waals surface area contributed by atoms with Crippen LogP contribution < -0.4 is 58.2 Å². The van der Waals surface area contributed by atoms with Crippen molar-refractivity contribution in [2.24, 2.45) is 17.8 Å². The fourth-order valence-electron chi connectivity index (χ4n) is 3.18. The van der Waals surface area contributed by atoms with Gasteiger partial charge in [0.15, 0.2) is 0 Å². The third-order valence-corrected chi connectivity index (χ3v) is 4.21. The van der Waals surface area contributed by atoms with E-state index < -0.39 is 0 Å². The standard InChI is InChI=1S/C13H23.Rb/c1-11-7-9-13(10-8-11)12-5-3-2-4-6-12;/h2,11-13H,3-10H2,1H3;/q-1;+1. The predicted octanol–water partition coefficient (Wildman–Crippen LogP) is 1.21. The van der Waals surface area contributed by atoms with Crippen LogP contribution in [0, 0.1) is 24.2 Å². The molecule has 0 nitrogen and oxygen atoms in total. The van der Waals surface area contributed by atoms with Crippen LogP contribution in [0.3, 0.4) is 0 Å². The summed E-state index contributed by atoms with van der Waals surface area (Å²) in [6, 6.07) is 0. The molecule has 1 heteroatoms. The van der Waals surface area contributed by atoms with Crippen molar-refractivity contribution in [2.45, 2.75) is 58.3 Å². The molecule has 0 N–H and O–H groups in total. The zero-order valence-corrected chi connectivity index (χ0v) is 14.9. The van der Waals surface area contributed by atoms with E-state index in [1.807, 2.05) is 0 Å². The van der Waals surface area contributed by atoms with E-state index in [0.29, 0.717) is 0 Å². The van der Waals surface area contributed by atoms with Crippen molar-refractivity contribution in [2.75, 3.05) is 0 Å². The average Bonchev–Trinajstić information content (AvgIpc) is 2.20. The minimum absolute atomic E-state index is 0. The van der Waals surface area contributed by atoms with Crippen molar-refractivity contribution in [3.8, 4) is 0 Å². The van der Waals surface area contributed by atoms with E-state index in [-0.39, 0.29) is 58.2 Å². The van der Waals surface area contributed by atoms with Crippen LogP contribution in [0.5, 0.6) is 0 Å². The molecule has 0 aliphatic heterocycles. The van der Waals surface area contributed by atoms with Gasteiger partial charge in [-0.3, -0.25) is 0 Å². The van der Waals surface area contributed by atoms with E-state index in [4.69, 9.17) is 0 Å². The zero-order chi connectivity index (χ0) is 9.10. The molecule has 0 aromatic rings. The van der Waals surface area contributed by atoms with Crippen LogP contribution in [0.25, 0.3) is 0 Å². The molecule has 0 aromatic heterocycles. The Morgan fingerprint density at radius 1 is 0.786 bits per heavy atom. The van der Waals surface area contributed by atoms with Crippen LogP contribution in [0.1, 0.15) is 58.3 Å². The van der Waals surface area contributed by atoms with Crippen LogP contribution in [0.4, 0.5) is 0 Å². The minimum Gasteiger partial charge on any atom is -0.328 e. The smallest absolute Gasteiger partial charge is 0.328 e. The molecule has 2 fully saturated rings. The van der Waals surface area contributed by atoms with Gasteiger partial charge in [-0.1, -0.05) is 32.6 Å². The predicted molar refractivity (Wildman–Crippen MR) is 57.4 cm³/mol. The summed E-state index contributed by atoms with van der Waals surface area (Å²) in [5, 5.41) is 0. The largest absolute Gasteiger partial charge is 1.00 e. The van der Waals surface area contributed by atoms with Crippen molar-refractivity contribution in [1.82, 2.24) is 0 Å². The summed E-state index contributed by atoms with van der Waals surface area (Å²) < 4.78 is 0. The Kier molecular flexibility index (Phi) is 7.13. The van der Waals surface area contributed by atoms with E-state index in [1.54, 1.807) is 0 Å². The average molecular weight is 265 g/mol. The maximum Gasteiger partial charge on any atom is 1.00 e. The topological polar surface area (TPSA) is 0 Å². The molecule has 0 spiro atoms. The summed E-state index contributed by atoms with van der Waals surface area (Å²) in [6.07, 6.45) is 14.4. The van der Waals surface area contributed by atoms with Gasteiger partial charge in [-0.05, 0) is 30.6 Å². The fraction of sp³-hybridized carbons (Fsp3) is 0.923.